The van der Waals surface area contributed by atoms with E-state index < -0.39 is 13.0 Å². The lowest BCUT2D eigenvalue weighted by atomic mass is 10.3. The highest BCUT2D eigenvalue weighted by molar-refractivity contribution is 9.09. The third kappa shape index (κ3) is 9.03. The van der Waals surface area contributed by atoms with Crippen molar-refractivity contribution in [1.82, 2.24) is 4.90 Å². The molecule has 0 aliphatic heterocycles. The Bertz CT molecular complexity index is 203. The van der Waals surface area contributed by atoms with Gasteiger partial charge in [0.05, 0.1) is 13.0 Å². The van der Waals surface area contributed by atoms with Gasteiger partial charge in [0.1, 0.15) is 6.61 Å². The van der Waals surface area contributed by atoms with E-state index >= 15 is 0 Å². The van der Waals surface area contributed by atoms with Crippen LogP contribution in [0.5, 0.6) is 0 Å². The average Bonchev–Trinajstić information content (AvgIpc) is 2.20. The van der Waals surface area contributed by atoms with Crippen molar-refractivity contribution in [2.24, 2.45) is 0 Å². The van der Waals surface area contributed by atoms with E-state index in [1.54, 1.807) is 11.9 Å². The predicted octanol–water partition coefficient (Wildman–Crippen LogP) is 2.29. The summed E-state index contributed by atoms with van der Waals surface area (Å²) >= 11 is 3.39. The van der Waals surface area contributed by atoms with Crippen molar-refractivity contribution in [3.63, 3.8) is 0 Å². The Morgan fingerprint density at radius 2 is 2.12 bits per heavy atom. The van der Waals surface area contributed by atoms with Gasteiger partial charge >= 0.3 is 0 Å². The van der Waals surface area contributed by atoms with Gasteiger partial charge in [-0.15, -0.1) is 0 Å². The van der Waals surface area contributed by atoms with Crippen LogP contribution < -0.4 is 0 Å². The van der Waals surface area contributed by atoms with Gasteiger partial charge in [-0.1, -0.05) is 22.9 Å². The molecule has 0 fully saturated rings. The average molecular weight is 302 g/mol. The van der Waals surface area contributed by atoms with Gasteiger partial charge < -0.3 is 9.64 Å². The molecule has 0 N–H and O–H groups in total. The molecule has 0 radical (unpaired) electrons. The van der Waals surface area contributed by atoms with Gasteiger partial charge in [-0.05, 0) is 6.42 Å². The normalized spacial score (nSPS) is 12.9. The van der Waals surface area contributed by atoms with E-state index in [1.807, 2.05) is 6.92 Å². The molecule has 0 aliphatic carbocycles. The fourth-order valence-electron chi connectivity index (χ4n) is 1.02. The SMILES string of the molecule is CC(Br)CCN(C)C(=O)CCOCC(F)F. The Hall–Kier alpha value is -0.230. The largest absolute Gasteiger partial charge is 0.375 e. The van der Waals surface area contributed by atoms with Gasteiger partial charge in [-0.25, -0.2) is 8.78 Å². The predicted molar refractivity (Wildman–Crippen MR) is 62.1 cm³/mol. The second-order valence-corrected chi connectivity index (χ2v) is 5.16. The molecule has 16 heavy (non-hydrogen) atoms. The molecule has 0 heterocycles. The van der Waals surface area contributed by atoms with Crippen LogP contribution in [0.4, 0.5) is 8.78 Å². The number of hydrogen-bond donors (Lipinski definition) is 0. The zero-order valence-corrected chi connectivity index (χ0v) is 11.2. The molecule has 1 unspecified atom stereocenters. The van der Waals surface area contributed by atoms with E-state index in [4.69, 9.17) is 0 Å². The molecule has 0 aromatic heterocycles. The van der Waals surface area contributed by atoms with Crippen LogP contribution in [0, 0.1) is 0 Å². The minimum atomic E-state index is -2.47. The molecular formula is C10H18BrF2NO2. The van der Waals surface area contributed by atoms with Crippen molar-refractivity contribution in [3.05, 3.63) is 0 Å². The highest BCUT2D eigenvalue weighted by Crippen LogP contribution is 2.04. The van der Waals surface area contributed by atoms with E-state index in [2.05, 4.69) is 20.7 Å². The molecule has 0 saturated carbocycles. The van der Waals surface area contributed by atoms with Gasteiger partial charge in [0.25, 0.3) is 6.43 Å². The van der Waals surface area contributed by atoms with Crippen LogP contribution in [0.25, 0.3) is 0 Å². The number of rotatable bonds is 8. The number of amides is 1. The number of carbonyl (C=O) groups is 1. The lowest BCUT2D eigenvalue weighted by Gasteiger charge is -2.17. The lowest BCUT2D eigenvalue weighted by Crippen LogP contribution is -2.29. The van der Waals surface area contributed by atoms with Crippen molar-refractivity contribution in [1.29, 1.82) is 0 Å². The smallest absolute Gasteiger partial charge is 0.261 e. The molecule has 0 bridgehead atoms. The fraction of sp³-hybridized carbons (Fsp3) is 0.900. The van der Waals surface area contributed by atoms with Gasteiger partial charge in [0.15, 0.2) is 0 Å². The quantitative estimate of drug-likeness (QED) is 0.508. The van der Waals surface area contributed by atoms with E-state index in [0.29, 0.717) is 11.4 Å². The van der Waals surface area contributed by atoms with Crippen LogP contribution in [0.15, 0.2) is 0 Å². The molecule has 0 aromatic rings. The zero-order valence-electron chi connectivity index (χ0n) is 9.59. The Morgan fingerprint density at radius 3 is 2.62 bits per heavy atom. The number of alkyl halides is 3. The topological polar surface area (TPSA) is 29.5 Å². The van der Waals surface area contributed by atoms with Crippen molar-refractivity contribution in [2.75, 3.05) is 26.8 Å². The molecule has 1 amide bonds. The van der Waals surface area contributed by atoms with Crippen LogP contribution in [0.3, 0.4) is 0 Å². The Kier molecular flexibility index (Phi) is 8.74. The Balaban J connectivity index is 3.55. The van der Waals surface area contributed by atoms with Gasteiger partial charge in [0, 0.05) is 18.4 Å². The maximum absolute atomic E-state index is 11.7. The number of nitrogens with zero attached hydrogens (tertiary/aromatic N) is 1. The monoisotopic (exact) mass is 301 g/mol. The number of carbonyl (C=O) groups excluding carboxylic acids is 1. The summed E-state index contributed by atoms with van der Waals surface area (Å²) in [5.41, 5.74) is 0. The van der Waals surface area contributed by atoms with E-state index in [-0.39, 0.29) is 18.9 Å². The summed E-state index contributed by atoms with van der Waals surface area (Å²) in [4.78, 5) is 13.4. The Morgan fingerprint density at radius 1 is 1.50 bits per heavy atom. The molecule has 1 atom stereocenters. The van der Waals surface area contributed by atoms with Crippen LogP contribution >= 0.6 is 15.9 Å². The molecule has 96 valence electrons. The van der Waals surface area contributed by atoms with Crippen molar-refractivity contribution >= 4 is 21.8 Å². The van der Waals surface area contributed by atoms with E-state index in [0.717, 1.165) is 6.42 Å². The highest BCUT2D eigenvalue weighted by atomic mass is 79.9. The van der Waals surface area contributed by atoms with Crippen molar-refractivity contribution < 1.29 is 18.3 Å². The number of hydrogen-bond acceptors (Lipinski definition) is 2. The number of ether oxygens (including phenoxy) is 1. The van der Waals surface area contributed by atoms with Crippen molar-refractivity contribution in [3.8, 4) is 0 Å². The van der Waals surface area contributed by atoms with Crippen LogP contribution in [0.1, 0.15) is 19.8 Å². The molecule has 0 spiro atoms. The third-order valence-corrected chi connectivity index (χ3v) is 2.45. The third-order valence-electron chi connectivity index (χ3n) is 1.99. The van der Waals surface area contributed by atoms with Gasteiger partial charge in [0.2, 0.25) is 5.91 Å². The second-order valence-electron chi connectivity index (χ2n) is 3.60. The summed E-state index contributed by atoms with van der Waals surface area (Å²) in [6.07, 6.45) is -1.46. The second kappa shape index (κ2) is 8.87. The first-order valence-electron chi connectivity index (χ1n) is 5.17. The summed E-state index contributed by atoms with van der Waals surface area (Å²) in [5, 5.41) is 0. The van der Waals surface area contributed by atoms with E-state index in [1.165, 1.54) is 0 Å². The first kappa shape index (κ1) is 15.8. The summed E-state index contributed by atoms with van der Waals surface area (Å²) in [7, 11) is 1.70. The maximum Gasteiger partial charge on any atom is 0.261 e. The fourth-order valence-corrected chi connectivity index (χ4v) is 1.22. The summed E-state index contributed by atoms with van der Waals surface area (Å²) < 4.78 is 28.0. The first-order valence-corrected chi connectivity index (χ1v) is 6.09. The summed E-state index contributed by atoms with van der Waals surface area (Å²) in [6, 6.07) is 0. The van der Waals surface area contributed by atoms with Crippen LogP contribution in [-0.2, 0) is 9.53 Å². The van der Waals surface area contributed by atoms with Gasteiger partial charge in [-0.2, -0.15) is 0 Å². The lowest BCUT2D eigenvalue weighted by molar-refractivity contribution is -0.131. The maximum atomic E-state index is 11.7. The van der Waals surface area contributed by atoms with Gasteiger partial charge in [-0.3, -0.25) is 4.79 Å². The molecule has 0 rings (SSSR count). The molecule has 0 aromatic carbocycles. The molecule has 0 saturated heterocycles. The van der Waals surface area contributed by atoms with E-state index in [9.17, 15) is 13.6 Å². The number of halogens is 3. The summed E-state index contributed by atoms with van der Waals surface area (Å²) in [5.74, 6) is -0.0811. The van der Waals surface area contributed by atoms with Crippen LogP contribution in [-0.4, -0.2) is 48.9 Å². The molecular weight excluding hydrogens is 284 g/mol. The Labute approximate surface area is 103 Å². The van der Waals surface area contributed by atoms with Crippen molar-refractivity contribution in [2.45, 2.75) is 31.0 Å². The molecule has 6 heteroatoms. The van der Waals surface area contributed by atoms with Crippen LogP contribution in [0.2, 0.25) is 0 Å². The first-order chi connectivity index (χ1) is 7.43. The highest BCUT2D eigenvalue weighted by Gasteiger charge is 2.10. The minimum absolute atomic E-state index is 0.0530. The molecule has 3 nitrogen and oxygen atoms in total. The minimum Gasteiger partial charge on any atom is -0.375 e. The zero-order chi connectivity index (χ0) is 12.6. The molecule has 0 aliphatic rings. The summed E-state index contributed by atoms with van der Waals surface area (Å²) in [6.45, 7) is 2.11. The standard InChI is InChI=1S/C10H18BrF2NO2/c1-8(11)3-5-14(2)10(15)4-6-16-7-9(12)13/h8-9H,3-7H2,1-2H3.